The molecule has 0 radical (unpaired) electrons. The van der Waals surface area contributed by atoms with E-state index in [4.69, 9.17) is 4.74 Å². The number of hydrogen-bond acceptors (Lipinski definition) is 5. The van der Waals surface area contributed by atoms with Crippen molar-refractivity contribution in [2.45, 2.75) is 0 Å². The fraction of sp³-hybridized carbons (Fsp3) is 0.211. The number of anilines is 1. The first-order chi connectivity index (χ1) is 12.6. The smallest absolute Gasteiger partial charge is 0.276 e. The summed E-state index contributed by atoms with van der Waals surface area (Å²) in [6.45, 7) is 2.28. The van der Waals surface area contributed by atoms with E-state index in [9.17, 15) is 19.3 Å². The number of ether oxygens (including phenoxy) is 1. The first-order valence-electron chi connectivity index (χ1n) is 8.14. The van der Waals surface area contributed by atoms with E-state index in [0.29, 0.717) is 37.6 Å². The Labute approximate surface area is 149 Å². The van der Waals surface area contributed by atoms with Crippen molar-refractivity contribution in [3.05, 3.63) is 75.6 Å². The molecule has 1 fully saturated rings. The van der Waals surface area contributed by atoms with Crippen molar-refractivity contribution in [1.82, 2.24) is 0 Å². The van der Waals surface area contributed by atoms with Gasteiger partial charge in [-0.05, 0) is 36.4 Å². The van der Waals surface area contributed by atoms with Crippen molar-refractivity contribution in [3.8, 4) is 0 Å². The van der Waals surface area contributed by atoms with Gasteiger partial charge in [-0.25, -0.2) is 4.39 Å². The van der Waals surface area contributed by atoms with Crippen LogP contribution in [0, 0.1) is 15.9 Å². The number of carbonyl (C=O) groups is 1. The molecule has 0 atom stereocenters. The monoisotopic (exact) mass is 356 g/mol. The minimum atomic E-state index is -0.513. The maximum atomic E-state index is 14.4. The normalized spacial score (nSPS) is 14.6. The highest BCUT2D eigenvalue weighted by Crippen LogP contribution is 2.23. The molecular weight excluding hydrogens is 339 g/mol. The lowest BCUT2D eigenvalue weighted by atomic mass is 10.1. The number of hydrogen-bond donors (Lipinski definition) is 0. The van der Waals surface area contributed by atoms with Crippen LogP contribution in [0.15, 0.2) is 48.5 Å². The van der Waals surface area contributed by atoms with E-state index in [0.717, 1.165) is 0 Å². The van der Waals surface area contributed by atoms with Gasteiger partial charge in [-0.3, -0.25) is 14.9 Å². The molecule has 7 heteroatoms. The van der Waals surface area contributed by atoms with Crippen molar-refractivity contribution in [1.29, 1.82) is 0 Å². The van der Waals surface area contributed by atoms with Crippen molar-refractivity contribution < 1.29 is 18.8 Å². The molecule has 0 spiro atoms. The third-order valence-corrected chi connectivity index (χ3v) is 4.13. The molecule has 0 N–H and O–H groups in total. The molecule has 0 amide bonds. The molecule has 0 aromatic heterocycles. The van der Waals surface area contributed by atoms with E-state index < -0.39 is 16.5 Å². The molecule has 1 aliphatic heterocycles. The zero-order chi connectivity index (χ0) is 18.5. The van der Waals surface area contributed by atoms with Crippen LogP contribution in [0.2, 0.25) is 0 Å². The van der Waals surface area contributed by atoms with E-state index in [-0.39, 0.29) is 11.3 Å². The van der Waals surface area contributed by atoms with Gasteiger partial charge < -0.3 is 9.64 Å². The predicted molar refractivity (Wildman–Crippen MR) is 95.9 cm³/mol. The number of allylic oxidation sites excluding steroid dienone is 1. The van der Waals surface area contributed by atoms with E-state index in [1.165, 1.54) is 24.3 Å². The first kappa shape index (κ1) is 17.8. The molecule has 2 aromatic rings. The number of carbonyl (C=O) groups excluding carboxylic acids is 1. The Kier molecular flexibility index (Phi) is 5.38. The van der Waals surface area contributed by atoms with Crippen LogP contribution in [0.3, 0.4) is 0 Å². The standard InChI is InChI=1S/C19H17FN2O4/c20-16-13-15(5-7-18(16)21-9-11-26-12-10-21)19(23)8-6-14-3-1-2-4-17(14)22(24)25/h1-8,13H,9-12H2/b8-6+. The van der Waals surface area contributed by atoms with Gasteiger partial charge >= 0.3 is 0 Å². The van der Waals surface area contributed by atoms with Crippen LogP contribution in [0.4, 0.5) is 15.8 Å². The Hall–Kier alpha value is -3.06. The molecule has 3 rings (SSSR count). The minimum Gasteiger partial charge on any atom is -0.378 e. The van der Waals surface area contributed by atoms with Crippen molar-refractivity contribution in [2.24, 2.45) is 0 Å². The lowest BCUT2D eigenvalue weighted by molar-refractivity contribution is -0.385. The molecule has 1 aliphatic rings. The third kappa shape index (κ3) is 3.94. The zero-order valence-corrected chi connectivity index (χ0v) is 13.9. The van der Waals surface area contributed by atoms with Crippen molar-refractivity contribution in [3.63, 3.8) is 0 Å². The van der Waals surface area contributed by atoms with E-state index in [2.05, 4.69) is 0 Å². The Bertz CT molecular complexity index is 860. The Balaban J connectivity index is 1.78. The molecular formula is C19H17FN2O4. The van der Waals surface area contributed by atoms with Crippen LogP contribution in [0.1, 0.15) is 15.9 Å². The van der Waals surface area contributed by atoms with Gasteiger partial charge in [0.1, 0.15) is 5.82 Å². The summed E-state index contributed by atoms with van der Waals surface area (Å²) in [5.41, 5.74) is 0.850. The molecule has 1 saturated heterocycles. The maximum absolute atomic E-state index is 14.4. The summed E-state index contributed by atoms with van der Waals surface area (Å²) in [6.07, 6.45) is 2.58. The van der Waals surface area contributed by atoms with Crippen LogP contribution in [0.5, 0.6) is 0 Å². The summed E-state index contributed by atoms with van der Waals surface area (Å²) in [7, 11) is 0. The summed E-state index contributed by atoms with van der Waals surface area (Å²) < 4.78 is 19.6. The maximum Gasteiger partial charge on any atom is 0.276 e. The molecule has 0 unspecified atom stereocenters. The Morgan fingerprint density at radius 2 is 1.92 bits per heavy atom. The van der Waals surface area contributed by atoms with E-state index >= 15 is 0 Å². The molecule has 2 aromatic carbocycles. The lowest BCUT2D eigenvalue weighted by Gasteiger charge is -2.29. The van der Waals surface area contributed by atoms with E-state index in [1.807, 2.05) is 4.90 Å². The van der Waals surface area contributed by atoms with Crippen LogP contribution >= 0.6 is 0 Å². The fourth-order valence-electron chi connectivity index (χ4n) is 2.78. The van der Waals surface area contributed by atoms with Gasteiger partial charge in [-0.15, -0.1) is 0 Å². The Morgan fingerprint density at radius 1 is 1.19 bits per heavy atom. The number of rotatable bonds is 5. The number of nitro groups is 1. The fourth-order valence-corrected chi connectivity index (χ4v) is 2.78. The molecule has 0 saturated carbocycles. The second-order valence-corrected chi connectivity index (χ2v) is 5.78. The number of halogens is 1. The summed E-state index contributed by atoms with van der Waals surface area (Å²) in [5, 5.41) is 11.0. The van der Waals surface area contributed by atoms with Gasteiger partial charge in [0.2, 0.25) is 0 Å². The lowest BCUT2D eigenvalue weighted by Crippen LogP contribution is -2.36. The third-order valence-electron chi connectivity index (χ3n) is 4.13. The predicted octanol–water partition coefficient (Wildman–Crippen LogP) is 3.47. The van der Waals surface area contributed by atoms with Crippen LogP contribution in [-0.2, 0) is 4.74 Å². The first-order valence-corrected chi connectivity index (χ1v) is 8.14. The number of nitro benzene ring substituents is 1. The quantitative estimate of drug-likeness (QED) is 0.355. The summed E-state index contributed by atoms with van der Waals surface area (Å²) in [6, 6.07) is 10.4. The molecule has 6 nitrogen and oxygen atoms in total. The van der Waals surface area contributed by atoms with Crippen LogP contribution < -0.4 is 4.90 Å². The number of nitrogens with zero attached hydrogens (tertiary/aromatic N) is 2. The highest BCUT2D eigenvalue weighted by molar-refractivity contribution is 6.07. The molecule has 1 heterocycles. The van der Waals surface area contributed by atoms with Crippen molar-refractivity contribution in [2.75, 3.05) is 31.2 Å². The Morgan fingerprint density at radius 3 is 2.62 bits per heavy atom. The molecule has 134 valence electrons. The summed E-state index contributed by atoms with van der Waals surface area (Å²) in [5.74, 6) is -0.896. The zero-order valence-electron chi connectivity index (χ0n) is 13.9. The van der Waals surface area contributed by atoms with E-state index in [1.54, 1.807) is 30.3 Å². The molecule has 0 bridgehead atoms. The average Bonchev–Trinajstić information content (AvgIpc) is 2.66. The van der Waals surface area contributed by atoms with Gasteiger partial charge in [0, 0.05) is 24.7 Å². The molecule has 0 aliphatic carbocycles. The van der Waals surface area contributed by atoms with Gasteiger partial charge in [-0.1, -0.05) is 12.1 Å². The number of para-hydroxylation sites is 1. The van der Waals surface area contributed by atoms with Gasteiger partial charge in [0.15, 0.2) is 5.78 Å². The van der Waals surface area contributed by atoms with Crippen LogP contribution in [-0.4, -0.2) is 37.0 Å². The highest BCUT2D eigenvalue weighted by Gasteiger charge is 2.16. The highest BCUT2D eigenvalue weighted by atomic mass is 19.1. The van der Waals surface area contributed by atoms with Gasteiger partial charge in [0.25, 0.3) is 5.69 Å². The van der Waals surface area contributed by atoms with Gasteiger partial charge in [0.05, 0.1) is 29.4 Å². The second kappa shape index (κ2) is 7.88. The topological polar surface area (TPSA) is 72.7 Å². The van der Waals surface area contributed by atoms with Crippen molar-refractivity contribution >= 4 is 23.2 Å². The number of morpholine rings is 1. The second-order valence-electron chi connectivity index (χ2n) is 5.78. The summed E-state index contributed by atoms with van der Waals surface area (Å²) >= 11 is 0. The SMILES string of the molecule is O=C(/C=C/c1ccccc1[N+](=O)[O-])c1ccc(N2CCOCC2)c(F)c1. The van der Waals surface area contributed by atoms with Gasteiger partial charge in [-0.2, -0.15) is 0 Å². The minimum absolute atomic E-state index is 0.0922. The number of ketones is 1. The van der Waals surface area contributed by atoms with Crippen LogP contribution in [0.25, 0.3) is 6.08 Å². The largest absolute Gasteiger partial charge is 0.378 e. The summed E-state index contributed by atoms with van der Waals surface area (Å²) in [4.78, 5) is 24.6. The number of benzene rings is 2. The average molecular weight is 356 g/mol. The molecule has 26 heavy (non-hydrogen) atoms.